The molecule has 1 unspecified atom stereocenters. The number of aromatic nitrogens is 1. The zero-order valence-corrected chi connectivity index (χ0v) is 18.1. The van der Waals surface area contributed by atoms with Crippen LogP contribution in [0.1, 0.15) is 34.8 Å². The molecule has 3 aromatic rings. The molecule has 1 aromatic heterocycles. The Kier molecular flexibility index (Phi) is 6.06. The Bertz CT molecular complexity index is 1080. The monoisotopic (exact) mass is 444 g/mol. The third-order valence-corrected chi connectivity index (χ3v) is 6.85. The number of thiazole rings is 1. The van der Waals surface area contributed by atoms with Crippen LogP contribution in [0.3, 0.4) is 0 Å². The molecule has 2 aromatic carbocycles. The summed E-state index contributed by atoms with van der Waals surface area (Å²) in [5, 5.41) is 14.2. The average molecular weight is 445 g/mol. The maximum atomic E-state index is 13.4. The van der Waals surface area contributed by atoms with Gasteiger partial charge >= 0.3 is 5.97 Å². The number of carboxylic acids is 1. The first-order valence-corrected chi connectivity index (χ1v) is 11.1. The maximum Gasteiger partial charge on any atom is 0.308 e. The first kappa shape index (κ1) is 20.8. The molecule has 0 bridgehead atoms. The van der Waals surface area contributed by atoms with Crippen molar-refractivity contribution in [2.45, 2.75) is 32.1 Å². The first-order valence-electron chi connectivity index (χ1n) is 9.89. The minimum absolute atomic E-state index is 0.220. The highest BCUT2D eigenvalue weighted by Crippen LogP contribution is 2.48. The molecule has 30 heavy (non-hydrogen) atoms. The molecule has 1 aliphatic carbocycles. The molecule has 156 valence electrons. The normalized spacial score (nSPS) is 14.5. The number of nitrogens with zero attached hydrogens (tertiary/aromatic N) is 1. The van der Waals surface area contributed by atoms with E-state index in [0.29, 0.717) is 21.6 Å². The summed E-state index contributed by atoms with van der Waals surface area (Å²) in [6.45, 7) is 2.18. The number of hydrogen-bond acceptors (Lipinski definition) is 4. The Labute approximate surface area is 183 Å². The number of carboxylic acid groups (broad SMARTS) is 1. The van der Waals surface area contributed by atoms with Gasteiger partial charge in [-0.25, -0.2) is 9.37 Å². The molecule has 1 heterocycles. The summed E-state index contributed by atoms with van der Waals surface area (Å²) in [5.74, 6) is -1.45. The van der Waals surface area contributed by atoms with Gasteiger partial charge in [-0.2, -0.15) is 0 Å². The largest absolute Gasteiger partial charge is 0.481 e. The second kappa shape index (κ2) is 8.74. The van der Waals surface area contributed by atoms with Crippen LogP contribution in [0.2, 0.25) is 5.02 Å². The van der Waals surface area contributed by atoms with E-state index in [-0.39, 0.29) is 18.8 Å². The summed E-state index contributed by atoms with van der Waals surface area (Å²) >= 11 is 7.89. The zero-order chi connectivity index (χ0) is 21.3. The summed E-state index contributed by atoms with van der Waals surface area (Å²) in [4.78, 5) is 17.7. The molecule has 0 aliphatic heterocycles. The molecule has 4 nitrogen and oxygen atoms in total. The van der Waals surface area contributed by atoms with Gasteiger partial charge in [0.25, 0.3) is 0 Å². The number of aryl methyl sites for hydroxylation is 1. The fourth-order valence-corrected chi connectivity index (χ4v) is 4.73. The smallest absolute Gasteiger partial charge is 0.308 e. The molecule has 1 saturated carbocycles. The number of nitrogens with one attached hydrogen (secondary N) is 1. The molecule has 1 fully saturated rings. The fraction of sp³-hybridized carbons (Fsp3) is 0.304. The van der Waals surface area contributed by atoms with Crippen molar-refractivity contribution in [2.24, 2.45) is 5.92 Å². The maximum absolute atomic E-state index is 13.4. The van der Waals surface area contributed by atoms with Gasteiger partial charge in [0.15, 0.2) is 5.13 Å². The van der Waals surface area contributed by atoms with E-state index < -0.39 is 11.9 Å². The average Bonchev–Trinajstić information content (AvgIpc) is 3.47. The van der Waals surface area contributed by atoms with Crippen LogP contribution in [0.5, 0.6) is 0 Å². The molecule has 4 rings (SSSR count). The van der Waals surface area contributed by atoms with Crippen LogP contribution >= 0.6 is 22.9 Å². The lowest BCUT2D eigenvalue weighted by molar-refractivity contribution is -0.141. The van der Waals surface area contributed by atoms with Crippen LogP contribution in [0.15, 0.2) is 42.5 Å². The third kappa shape index (κ3) is 4.82. The van der Waals surface area contributed by atoms with E-state index >= 15 is 0 Å². The van der Waals surface area contributed by atoms with E-state index in [4.69, 9.17) is 16.6 Å². The van der Waals surface area contributed by atoms with Crippen molar-refractivity contribution in [3.63, 3.8) is 0 Å². The quantitative estimate of drug-likeness (QED) is 0.437. The molecular weight excluding hydrogens is 423 g/mol. The number of carbonyl (C=O) groups is 1. The molecule has 0 amide bonds. The van der Waals surface area contributed by atoms with E-state index in [1.165, 1.54) is 17.0 Å². The Morgan fingerprint density at radius 1 is 1.33 bits per heavy atom. The van der Waals surface area contributed by atoms with Crippen molar-refractivity contribution >= 4 is 34.0 Å². The Morgan fingerprint density at radius 2 is 2.13 bits per heavy atom. The number of halogens is 2. The Morgan fingerprint density at radius 3 is 2.80 bits per heavy atom. The molecule has 0 saturated heterocycles. The molecule has 0 spiro atoms. The number of rotatable bonds is 8. The summed E-state index contributed by atoms with van der Waals surface area (Å²) in [7, 11) is 0. The van der Waals surface area contributed by atoms with Gasteiger partial charge in [-0.05, 0) is 61.4 Å². The van der Waals surface area contributed by atoms with Crippen LogP contribution in [-0.4, -0.2) is 22.6 Å². The van der Waals surface area contributed by atoms with Gasteiger partial charge < -0.3 is 10.4 Å². The van der Waals surface area contributed by atoms with Gasteiger partial charge in [-0.3, -0.25) is 4.79 Å². The summed E-state index contributed by atoms with van der Waals surface area (Å²) in [5.41, 5.74) is 3.58. The Balaban J connectivity index is 1.52. The highest BCUT2D eigenvalue weighted by atomic mass is 35.5. The number of benzene rings is 2. The molecule has 0 radical (unpaired) electrons. The lowest BCUT2D eigenvalue weighted by Crippen LogP contribution is -2.25. The number of aliphatic carboxylic acids is 1. The third-order valence-electron chi connectivity index (χ3n) is 5.27. The molecule has 2 N–H and O–H groups in total. The van der Waals surface area contributed by atoms with E-state index in [1.54, 1.807) is 23.5 Å². The van der Waals surface area contributed by atoms with Crippen LogP contribution < -0.4 is 5.32 Å². The lowest BCUT2D eigenvalue weighted by atomic mass is 9.99. The van der Waals surface area contributed by atoms with Gasteiger partial charge in [0, 0.05) is 22.0 Å². The minimum atomic E-state index is -0.920. The van der Waals surface area contributed by atoms with Crippen LogP contribution in [0, 0.1) is 18.7 Å². The predicted molar refractivity (Wildman–Crippen MR) is 119 cm³/mol. The second-order valence-corrected chi connectivity index (χ2v) is 9.16. The fourth-order valence-electron chi connectivity index (χ4n) is 3.38. The SMILES string of the molecule is Cc1ccc(-c2nc(NCC(Cc3cccc(F)c3)C(=O)O)sc2C2CC2)cc1Cl. The highest BCUT2D eigenvalue weighted by Gasteiger charge is 2.30. The van der Waals surface area contributed by atoms with Gasteiger partial charge in [0.05, 0.1) is 11.6 Å². The minimum Gasteiger partial charge on any atom is -0.481 e. The zero-order valence-electron chi connectivity index (χ0n) is 16.5. The van der Waals surface area contributed by atoms with Gasteiger partial charge in [-0.1, -0.05) is 35.9 Å². The predicted octanol–water partition coefficient (Wildman–Crippen LogP) is 6.14. The van der Waals surface area contributed by atoms with E-state index in [9.17, 15) is 14.3 Å². The van der Waals surface area contributed by atoms with Crippen LogP contribution in [0.4, 0.5) is 9.52 Å². The molecule has 1 atom stereocenters. The summed E-state index contributed by atoms with van der Waals surface area (Å²) < 4.78 is 13.4. The first-order chi connectivity index (χ1) is 14.4. The van der Waals surface area contributed by atoms with Crippen LogP contribution in [-0.2, 0) is 11.2 Å². The topological polar surface area (TPSA) is 62.2 Å². The highest BCUT2D eigenvalue weighted by molar-refractivity contribution is 7.16. The molecular formula is C23H22ClFN2O2S. The van der Waals surface area contributed by atoms with Crippen molar-refractivity contribution in [1.82, 2.24) is 4.98 Å². The standard InChI is InChI=1S/C23H22ClFN2O2S/c1-13-5-6-16(11-19(13)24)20-21(15-7-8-15)30-23(27-20)26-12-17(22(28)29)9-14-3-2-4-18(25)10-14/h2-6,10-11,15,17H,7-9,12H2,1H3,(H,26,27)(H,28,29). The summed E-state index contributed by atoms with van der Waals surface area (Å²) in [6.07, 6.45) is 2.54. The van der Waals surface area contributed by atoms with Crippen molar-refractivity contribution in [3.8, 4) is 11.3 Å². The van der Waals surface area contributed by atoms with Crippen molar-refractivity contribution in [3.05, 3.63) is 69.3 Å². The molecule has 1 aliphatic rings. The van der Waals surface area contributed by atoms with Gasteiger partial charge in [0.1, 0.15) is 5.82 Å². The van der Waals surface area contributed by atoms with Crippen molar-refractivity contribution < 1.29 is 14.3 Å². The van der Waals surface area contributed by atoms with Gasteiger partial charge in [-0.15, -0.1) is 11.3 Å². The summed E-state index contributed by atoms with van der Waals surface area (Å²) in [6, 6.07) is 12.0. The lowest BCUT2D eigenvalue weighted by Gasteiger charge is -2.13. The van der Waals surface area contributed by atoms with E-state index in [1.807, 2.05) is 25.1 Å². The van der Waals surface area contributed by atoms with E-state index in [2.05, 4.69) is 5.32 Å². The van der Waals surface area contributed by atoms with Gasteiger partial charge in [0.2, 0.25) is 0 Å². The number of anilines is 1. The Hall–Kier alpha value is -2.44. The van der Waals surface area contributed by atoms with E-state index in [0.717, 1.165) is 29.7 Å². The van der Waals surface area contributed by atoms with Crippen LogP contribution in [0.25, 0.3) is 11.3 Å². The van der Waals surface area contributed by atoms with Crippen molar-refractivity contribution in [1.29, 1.82) is 0 Å². The second-order valence-electron chi connectivity index (χ2n) is 7.72. The van der Waals surface area contributed by atoms with Crippen molar-refractivity contribution in [2.75, 3.05) is 11.9 Å². The molecule has 7 heteroatoms. The number of hydrogen-bond donors (Lipinski definition) is 2.